The average molecular weight is 388 g/mol. The number of fused-ring (bicyclic) bond motifs is 1. The summed E-state index contributed by atoms with van der Waals surface area (Å²) in [6.45, 7) is 0. The molecule has 0 spiro atoms. The molecule has 0 aliphatic heterocycles. The van der Waals surface area contributed by atoms with Crippen molar-refractivity contribution in [2.45, 2.75) is 17.4 Å². The first-order valence-corrected chi connectivity index (χ1v) is 9.29. The number of carbonyl (C=O) groups is 1. The second-order valence-electron chi connectivity index (χ2n) is 5.78. The molecule has 27 heavy (non-hydrogen) atoms. The molecule has 0 saturated carbocycles. The average Bonchev–Trinajstić information content (AvgIpc) is 3.04. The Morgan fingerprint density at radius 3 is 2.52 bits per heavy atom. The molecule has 10 heteroatoms. The number of rotatable bonds is 7. The van der Waals surface area contributed by atoms with Gasteiger partial charge in [0.2, 0.25) is 10.0 Å². The normalized spacial score (nSPS) is 12.7. The molecule has 0 radical (unpaired) electrons. The van der Waals surface area contributed by atoms with E-state index in [0.29, 0.717) is 5.56 Å². The van der Waals surface area contributed by atoms with E-state index in [9.17, 15) is 28.4 Å². The van der Waals surface area contributed by atoms with Gasteiger partial charge in [0.25, 0.3) is 5.69 Å². The lowest BCUT2D eigenvalue weighted by molar-refractivity contribution is -0.387. The third-order valence-corrected chi connectivity index (χ3v) is 5.55. The lowest BCUT2D eigenvalue weighted by atomic mass is 10.1. The molecular weight excluding hydrogens is 374 g/mol. The van der Waals surface area contributed by atoms with Crippen molar-refractivity contribution in [3.8, 4) is 0 Å². The van der Waals surface area contributed by atoms with E-state index in [1.807, 2.05) is 4.72 Å². The van der Waals surface area contributed by atoms with Crippen LogP contribution >= 0.6 is 0 Å². The molecule has 3 aromatic rings. The number of sulfonamides is 1. The SMILES string of the molecule is O=C([O-])[C@@H](Cc1c[nH]c2ccccc12)NS(=O)(=O)c1ccccc1[N+](=O)[O-]. The van der Waals surface area contributed by atoms with E-state index in [1.165, 1.54) is 12.1 Å². The van der Waals surface area contributed by atoms with E-state index in [2.05, 4.69) is 4.98 Å². The molecule has 9 nitrogen and oxygen atoms in total. The Labute approximate surface area is 153 Å². The largest absolute Gasteiger partial charge is 0.548 e. The second kappa shape index (κ2) is 7.17. The number of carbonyl (C=O) groups excluding carboxylic acids is 1. The molecule has 1 atom stereocenters. The Morgan fingerprint density at radius 2 is 1.81 bits per heavy atom. The van der Waals surface area contributed by atoms with Crippen LogP contribution in [0.15, 0.2) is 59.6 Å². The zero-order valence-electron chi connectivity index (χ0n) is 13.8. The number of aromatic amines is 1. The summed E-state index contributed by atoms with van der Waals surface area (Å²) >= 11 is 0. The number of para-hydroxylation sites is 2. The number of nitro groups is 1. The lowest BCUT2D eigenvalue weighted by Crippen LogP contribution is -2.49. The number of nitrogens with zero attached hydrogens (tertiary/aromatic N) is 1. The van der Waals surface area contributed by atoms with Crippen molar-refractivity contribution < 1.29 is 23.2 Å². The molecule has 0 aliphatic carbocycles. The molecule has 3 rings (SSSR count). The van der Waals surface area contributed by atoms with Crippen LogP contribution in [0.3, 0.4) is 0 Å². The van der Waals surface area contributed by atoms with Crippen molar-refractivity contribution in [2.75, 3.05) is 0 Å². The van der Waals surface area contributed by atoms with Gasteiger partial charge in [-0.2, -0.15) is 0 Å². The predicted molar refractivity (Wildman–Crippen MR) is 94.2 cm³/mol. The third kappa shape index (κ3) is 3.81. The topological polar surface area (TPSA) is 145 Å². The van der Waals surface area contributed by atoms with Crippen LogP contribution in [0.2, 0.25) is 0 Å². The van der Waals surface area contributed by atoms with Crippen LogP contribution in [-0.2, 0) is 21.2 Å². The fourth-order valence-corrected chi connectivity index (χ4v) is 4.14. The number of carboxylic acids is 1. The van der Waals surface area contributed by atoms with Crippen LogP contribution in [0.1, 0.15) is 5.56 Å². The van der Waals surface area contributed by atoms with Gasteiger partial charge in [0.05, 0.1) is 16.9 Å². The summed E-state index contributed by atoms with van der Waals surface area (Å²) in [6, 6.07) is 10.2. The van der Waals surface area contributed by atoms with Crippen molar-refractivity contribution in [3.63, 3.8) is 0 Å². The smallest absolute Gasteiger partial charge is 0.289 e. The molecule has 140 valence electrons. The van der Waals surface area contributed by atoms with Gasteiger partial charge in [-0.05, 0) is 24.1 Å². The summed E-state index contributed by atoms with van der Waals surface area (Å²) in [4.78, 5) is 24.1. The summed E-state index contributed by atoms with van der Waals surface area (Å²) in [5, 5.41) is 23.3. The van der Waals surface area contributed by atoms with Crippen molar-refractivity contribution in [1.29, 1.82) is 0 Å². The standard InChI is InChI=1S/C17H15N3O6S/c21-17(22)14(9-11-10-18-13-6-2-1-5-12(11)13)19-27(25,26)16-8-4-3-7-15(16)20(23)24/h1-8,10,14,18-19H,9H2,(H,21,22)/p-1/t14-/m1/s1. The maximum absolute atomic E-state index is 12.5. The molecule has 0 saturated heterocycles. The summed E-state index contributed by atoms with van der Waals surface area (Å²) in [5.41, 5.74) is 0.699. The number of carboxylic acid groups (broad SMARTS) is 1. The molecule has 0 fully saturated rings. The Kier molecular flexibility index (Phi) is 4.93. The quantitative estimate of drug-likeness (QED) is 0.450. The summed E-state index contributed by atoms with van der Waals surface area (Å²) in [5.74, 6) is -1.64. The zero-order valence-corrected chi connectivity index (χ0v) is 14.6. The van der Waals surface area contributed by atoms with Gasteiger partial charge in [-0.25, -0.2) is 13.1 Å². The zero-order chi connectivity index (χ0) is 19.6. The first-order valence-electron chi connectivity index (χ1n) is 7.81. The number of nitrogens with one attached hydrogen (secondary N) is 2. The van der Waals surface area contributed by atoms with Gasteiger partial charge in [0.1, 0.15) is 0 Å². The summed E-state index contributed by atoms with van der Waals surface area (Å²) < 4.78 is 27.1. The highest BCUT2D eigenvalue weighted by Crippen LogP contribution is 2.24. The molecule has 0 aliphatic rings. The number of H-pyrrole nitrogens is 1. The third-order valence-electron chi connectivity index (χ3n) is 4.03. The predicted octanol–water partition coefficient (Wildman–Crippen LogP) is 0.716. The van der Waals surface area contributed by atoms with E-state index in [0.717, 1.165) is 23.0 Å². The monoisotopic (exact) mass is 388 g/mol. The summed E-state index contributed by atoms with van der Waals surface area (Å²) in [7, 11) is -4.46. The molecule has 1 aromatic heterocycles. The van der Waals surface area contributed by atoms with Crippen molar-refractivity contribution in [3.05, 3.63) is 70.4 Å². The van der Waals surface area contributed by atoms with E-state index in [-0.39, 0.29) is 6.42 Å². The number of hydrogen-bond donors (Lipinski definition) is 2. The Morgan fingerprint density at radius 1 is 1.15 bits per heavy atom. The molecular formula is C17H14N3O6S-. The highest BCUT2D eigenvalue weighted by Gasteiger charge is 2.28. The van der Waals surface area contributed by atoms with E-state index >= 15 is 0 Å². The van der Waals surface area contributed by atoms with E-state index < -0.39 is 37.5 Å². The minimum absolute atomic E-state index is 0.188. The van der Waals surface area contributed by atoms with Crippen LogP contribution in [0.25, 0.3) is 10.9 Å². The lowest BCUT2D eigenvalue weighted by Gasteiger charge is -2.19. The fourth-order valence-electron chi connectivity index (χ4n) is 2.78. The van der Waals surface area contributed by atoms with Gasteiger partial charge in [-0.15, -0.1) is 0 Å². The van der Waals surface area contributed by atoms with E-state index in [4.69, 9.17) is 0 Å². The van der Waals surface area contributed by atoms with Gasteiger partial charge in [-0.3, -0.25) is 10.1 Å². The first-order chi connectivity index (χ1) is 12.8. The van der Waals surface area contributed by atoms with Crippen LogP contribution in [0.4, 0.5) is 5.69 Å². The van der Waals surface area contributed by atoms with Crippen LogP contribution < -0.4 is 9.83 Å². The highest BCUT2D eigenvalue weighted by atomic mass is 32.2. The van der Waals surface area contributed by atoms with Crippen molar-refractivity contribution in [1.82, 2.24) is 9.71 Å². The number of aliphatic carboxylic acids is 1. The van der Waals surface area contributed by atoms with Crippen molar-refractivity contribution in [2.24, 2.45) is 0 Å². The minimum Gasteiger partial charge on any atom is -0.548 e. The Bertz CT molecular complexity index is 1120. The van der Waals surface area contributed by atoms with Gasteiger partial charge >= 0.3 is 0 Å². The second-order valence-corrected chi connectivity index (χ2v) is 7.46. The van der Waals surface area contributed by atoms with Crippen LogP contribution in [0, 0.1) is 10.1 Å². The van der Waals surface area contributed by atoms with Crippen LogP contribution in [0.5, 0.6) is 0 Å². The Balaban J connectivity index is 1.93. The van der Waals surface area contributed by atoms with E-state index in [1.54, 1.807) is 30.5 Å². The van der Waals surface area contributed by atoms with Gasteiger partial charge in [0.15, 0.2) is 4.90 Å². The minimum atomic E-state index is -4.46. The van der Waals surface area contributed by atoms with Gasteiger partial charge < -0.3 is 14.9 Å². The maximum Gasteiger partial charge on any atom is 0.289 e. The van der Waals surface area contributed by atoms with Crippen molar-refractivity contribution >= 4 is 32.6 Å². The number of nitro benzene ring substituents is 1. The highest BCUT2D eigenvalue weighted by molar-refractivity contribution is 7.89. The molecule has 1 heterocycles. The van der Waals surface area contributed by atoms with Gasteiger partial charge in [0, 0.05) is 23.2 Å². The number of aromatic nitrogens is 1. The first kappa shape index (κ1) is 18.5. The maximum atomic E-state index is 12.5. The molecule has 0 amide bonds. The Hall–Kier alpha value is -3.24. The fraction of sp³-hybridized carbons (Fsp3) is 0.118. The van der Waals surface area contributed by atoms with Gasteiger partial charge in [-0.1, -0.05) is 30.3 Å². The van der Waals surface area contributed by atoms with Crippen LogP contribution in [-0.4, -0.2) is 30.3 Å². The molecule has 0 unspecified atom stereocenters. The number of hydrogen-bond acceptors (Lipinski definition) is 6. The molecule has 0 bridgehead atoms. The molecule has 2 N–H and O–H groups in total. The number of benzene rings is 2. The summed E-state index contributed by atoms with van der Waals surface area (Å²) in [6.07, 6.45) is 1.39. The molecule has 2 aromatic carbocycles.